The highest BCUT2D eigenvalue weighted by molar-refractivity contribution is 5.94. The predicted molar refractivity (Wildman–Crippen MR) is 84.3 cm³/mol. The van der Waals surface area contributed by atoms with Crippen molar-refractivity contribution in [3.8, 4) is 0 Å². The minimum absolute atomic E-state index is 0.0584. The van der Waals surface area contributed by atoms with Gasteiger partial charge in [-0.2, -0.15) is 5.10 Å². The summed E-state index contributed by atoms with van der Waals surface area (Å²) in [6.45, 7) is 0.371. The topological polar surface area (TPSA) is 93.3 Å². The van der Waals surface area contributed by atoms with Crippen molar-refractivity contribution in [1.82, 2.24) is 20.0 Å². The zero-order valence-corrected chi connectivity index (χ0v) is 12.6. The predicted octanol–water partition coefficient (Wildman–Crippen LogP) is 0.371. The van der Waals surface area contributed by atoms with E-state index in [1.807, 2.05) is 24.4 Å². The Bertz CT molecular complexity index is 671. The summed E-state index contributed by atoms with van der Waals surface area (Å²) in [5.74, 6) is -0.293. The van der Waals surface area contributed by atoms with Crippen molar-refractivity contribution >= 4 is 11.8 Å². The van der Waals surface area contributed by atoms with Gasteiger partial charge in [0.05, 0.1) is 12.6 Å². The molecule has 1 aliphatic heterocycles. The Hall–Kier alpha value is -2.67. The lowest BCUT2D eigenvalue weighted by Crippen LogP contribution is -2.41. The van der Waals surface area contributed by atoms with Crippen LogP contribution in [0, 0.1) is 0 Å². The first kappa shape index (κ1) is 15.2. The van der Waals surface area contributed by atoms with Gasteiger partial charge in [0.15, 0.2) is 0 Å². The summed E-state index contributed by atoms with van der Waals surface area (Å²) in [6.07, 6.45) is 3.86. The molecule has 1 fully saturated rings. The van der Waals surface area contributed by atoms with Crippen LogP contribution in [0.25, 0.3) is 0 Å². The fourth-order valence-corrected chi connectivity index (χ4v) is 2.87. The minimum Gasteiger partial charge on any atom is -0.347 e. The van der Waals surface area contributed by atoms with E-state index in [2.05, 4.69) is 10.4 Å². The van der Waals surface area contributed by atoms with Crippen molar-refractivity contribution in [2.45, 2.75) is 18.6 Å². The lowest BCUT2D eigenvalue weighted by atomic mass is 10.2. The Labute approximate surface area is 134 Å². The number of hydrogen-bond acceptors (Lipinski definition) is 4. The maximum atomic E-state index is 12.3. The van der Waals surface area contributed by atoms with E-state index in [1.165, 1.54) is 0 Å². The first-order valence-corrected chi connectivity index (χ1v) is 7.53. The van der Waals surface area contributed by atoms with Gasteiger partial charge in [0, 0.05) is 30.9 Å². The third-order valence-electron chi connectivity index (χ3n) is 3.97. The van der Waals surface area contributed by atoms with Gasteiger partial charge < -0.3 is 16.0 Å². The molecule has 7 nitrogen and oxygen atoms in total. The highest BCUT2D eigenvalue weighted by atomic mass is 16.2. The number of carbonyl (C=O) groups excluding carboxylic acids is 2. The highest BCUT2D eigenvalue weighted by Crippen LogP contribution is 2.26. The second-order valence-electron chi connectivity index (χ2n) is 5.49. The van der Waals surface area contributed by atoms with E-state index in [1.54, 1.807) is 34.0 Å². The summed E-state index contributed by atoms with van der Waals surface area (Å²) < 4.78 is 1.72. The smallest absolute Gasteiger partial charge is 0.251 e. The second-order valence-corrected chi connectivity index (χ2v) is 5.49. The Morgan fingerprint density at radius 2 is 2.04 bits per heavy atom. The molecule has 1 saturated heterocycles. The molecule has 0 spiro atoms. The zero-order valence-electron chi connectivity index (χ0n) is 12.6. The molecule has 0 radical (unpaired) electrons. The van der Waals surface area contributed by atoms with Crippen LogP contribution in [0.3, 0.4) is 0 Å². The fourth-order valence-electron chi connectivity index (χ4n) is 2.87. The number of nitrogens with one attached hydrogen (secondary N) is 1. The van der Waals surface area contributed by atoms with Crippen LogP contribution in [0.2, 0.25) is 0 Å². The lowest BCUT2D eigenvalue weighted by Gasteiger charge is -2.23. The van der Waals surface area contributed by atoms with Gasteiger partial charge in [-0.05, 0) is 18.2 Å². The first-order chi connectivity index (χ1) is 11.2. The molecule has 120 valence electrons. The third-order valence-corrected chi connectivity index (χ3v) is 3.97. The summed E-state index contributed by atoms with van der Waals surface area (Å²) in [5, 5.41) is 7.19. The van der Waals surface area contributed by atoms with Crippen molar-refractivity contribution in [1.29, 1.82) is 0 Å². The summed E-state index contributed by atoms with van der Waals surface area (Å²) in [6, 6.07) is 10.7. The van der Waals surface area contributed by atoms with Gasteiger partial charge in [-0.1, -0.05) is 18.2 Å². The summed E-state index contributed by atoms with van der Waals surface area (Å²) >= 11 is 0. The molecule has 2 atom stereocenters. The molecule has 3 N–H and O–H groups in total. The number of nitrogens with zero attached hydrogens (tertiary/aromatic N) is 3. The molecule has 1 aromatic carbocycles. The molecule has 2 aromatic rings. The zero-order chi connectivity index (χ0) is 16.2. The maximum absolute atomic E-state index is 12.3. The van der Waals surface area contributed by atoms with E-state index in [4.69, 9.17) is 5.73 Å². The fraction of sp³-hybridized carbons (Fsp3) is 0.312. The Morgan fingerprint density at radius 1 is 1.26 bits per heavy atom. The van der Waals surface area contributed by atoms with Crippen LogP contribution >= 0.6 is 0 Å². The summed E-state index contributed by atoms with van der Waals surface area (Å²) in [5.41, 5.74) is 6.10. The highest BCUT2D eigenvalue weighted by Gasteiger charge is 2.36. The Kier molecular flexibility index (Phi) is 4.38. The third kappa shape index (κ3) is 3.24. The quantitative estimate of drug-likeness (QED) is 0.853. The van der Waals surface area contributed by atoms with Gasteiger partial charge in [-0.3, -0.25) is 9.59 Å². The molecule has 2 amide bonds. The number of aromatic nitrogens is 2. The number of likely N-dealkylation sites (tertiary alicyclic amines) is 1. The van der Waals surface area contributed by atoms with Gasteiger partial charge in [0.2, 0.25) is 5.91 Å². The average Bonchev–Trinajstić information content (AvgIpc) is 3.24. The monoisotopic (exact) mass is 313 g/mol. The molecule has 7 heteroatoms. The number of rotatable bonds is 4. The number of nitrogens with two attached hydrogens (primary N) is 1. The molecule has 23 heavy (non-hydrogen) atoms. The van der Waals surface area contributed by atoms with E-state index in [-0.39, 0.29) is 30.6 Å². The Morgan fingerprint density at radius 3 is 2.70 bits per heavy atom. The van der Waals surface area contributed by atoms with Gasteiger partial charge in [-0.15, -0.1) is 0 Å². The largest absolute Gasteiger partial charge is 0.347 e. The number of benzene rings is 1. The van der Waals surface area contributed by atoms with Gasteiger partial charge in [0.1, 0.15) is 6.17 Å². The Balaban J connectivity index is 1.72. The molecule has 0 saturated carbocycles. The van der Waals surface area contributed by atoms with E-state index in [9.17, 15) is 9.59 Å². The number of hydrogen-bond donors (Lipinski definition) is 2. The average molecular weight is 313 g/mol. The van der Waals surface area contributed by atoms with E-state index in [0.29, 0.717) is 18.5 Å². The molecule has 1 aliphatic rings. The van der Waals surface area contributed by atoms with Crippen LogP contribution in [-0.2, 0) is 4.79 Å². The number of carbonyl (C=O) groups is 2. The van der Waals surface area contributed by atoms with Gasteiger partial charge in [-0.25, -0.2) is 4.68 Å². The molecule has 3 rings (SSSR count). The van der Waals surface area contributed by atoms with Crippen LogP contribution in [-0.4, -0.2) is 45.6 Å². The van der Waals surface area contributed by atoms with E-state index >= 15 is 0 Å². The first-order valence-electron chi connectivity index (χ1n) is 7.53. The van der Waals surface area contributed by atoms with Gasteiger partial charge in [0.25, 0.3) is 5.91 Å². The van der Waals surface area contributed by atoms with Crippen molar-refractivity contribution in [3.63, 3.8) is 0 Å². The minimum atomic E-state index is -0.220. The van der Waals surface area contributed by atoms with Crippen LogP contribution in [0.1, 0.15) is 22.9 Å². The van der Waals surface area contributed by atoms with Crippen LogP contribution < -0.4 is 11.1 Å². The molecule has 0 aliphatic carbocycles. The lowest BCUT2D eigenvalue weighted by molar-refractivity contribution is -0.132. The van der Waals surface area contributed by atoms with Crippen molar-refractivity contribution in [3.05, 3.63) is 54.4 Å². The van der Waals surface area contributed by atoms with E-state index in [0.717, 1.165) is 0 Å². The molecular weight excluding hydrogens is 294 g/mol. The standard InChI is InChI=1S/C16H19N5O2/c17-10-15(22)20-11-13(9-14(20)21-8-4-7-18-21)19-16(23)12-5-2-1-3-6-12/h1-8,13-14H,9-11,17H2,(H,19,23). The van der Waals surface area contributed by atoms with Crippen LogP contribution in [0.15, 0.2) is 48.8 Å². The molecule has 0 bridgehead atoms. The van der Waals surface area contributed by atoms with E-state index < -0.39 is 0 Å². The van der Waals surface area contributed by atoms with Crippen molar-refractivity contribution in [2.24, 2.45) is 5.73 Å². The van der Waals surface area contributed by atoms with Crippen molar-refractivity contribution < 1.29 is 9.59 Å². The molecule has 1 aromatic heterocycles. The normalized spacial score (nSPS) is 20.5. The van der Waals surface area contributed by atoms with Crippen LogP contribution in [0.5, 0.6) is 0 Å². The van der Waals surface area contributed by atoms with Crippen molar-refractivity contribution in [2.75, 3.05) is 13.1 Å². The molecular formula is C16H19N5O2. The number of amides is 2. The SMILES string of the molecule is NCC(=O)N1CC(NC(=O)c2ccccc2)CC1n1cccn1. The summed E-state index contributed by atoms with van der Waals surface area (Å²) in [7, 11) is 0. The maximum Gasteiger partial charge on any atom is 0.251 e. The van der Waals surface area contributed by atoms with Gasteiger partial charge >= 0.3 is 0 Å². The summed E-state index contributed by atoms with van der Waals surface area (Å²) in [4.78, 5) is 26.0. The molecule has 2 heterocycles. The second kappa shape index (κ2) is 6.62. The molecule has 2 unspecified atom stereocenters. The van der Waals surface area contributed by atoms with Crippen LogP contribution in [0.4, 0.5) is 0 Å².